The van der Waals surface area contributed by atoms with Crippen LogP contribution >= 0.6 is 11.8 Å². The second kappa shape index (κ2) is 7.60. The first-order valence-electron chi connectivity index (χ1n) is 5.80. The van der Waals surface area contributed by atoms with E-state index in [1.807, 2.05) is 0 Å². The zero-order chi connectivity index (χ0) is 16.0. The van der Waals surface area contributed by atoms with Gasteiger partial charge in [-0.3, -0.25) is 4.79 Å². The van der Waals surface area contributed by atoms with Crippen molar-refractivity contribution < 1.29 is 26.7 Å². The number of likely N-dealkylation sites (N-methyl/N-ethyl adjacent to an activating group) is 1. The fourth-order valence-electron chi connectivity index (χ4n) is 1.44. The molecule has 1 aromatic rings. The van der Waals surface area contributed by atoms with Crippen LogP contribution in [0, 0.1) is 0 Å². The normalized spacial score (nSPS) is 11.8. The summed E-state index contributed by atoms with van der Waals surface area (Å²) in [6, 6.07) is 2.60. The van der Waals surface area contributed by atoms with Crippen molar-refractivity contribution >= 4 is 23.4 Å². The second-order valence-electron chi connectivity index (χ2n) is 3.99. The average molecular weight is 328 g/mol. The van der Waals surface area contributed by atoms with Crippen LogP contribution in [0.15, 0.2) is 23.1 Å². The molecule has 0 atom stereocenters. The van der Waals surface area contributed by atoms with Gasteiger partial charge in [0.2, 0.25) is 12.3 Å². The first kappa shape index (κ1) is 17.7. The highest BCUT2D eigenvalue weighted by Crippen LogP contribution is 2.36. The highest BCUT2D eigenvalue weighted by atomic mass is 32.2. The Kier molecular flexibility index (Phi) is 6.41. The molecule has 0 unspecified atom stereocenters. The standard InChI is InChI=1S/C12H13F5N2OS/c1-18-5-11(20)19-8-4-7(12(15,16)17)2-3-9(8)21-6-10(13)14/h2-4,10,18H,5-6H2,1H3,(H,19,20). The lowest BCUT2D eigenvalue weighted by atomic mass is 10.2. The number of alkyl halides is 5. The van der Waals surface area contributed by atoms with Crippen molar-refractivity contribution in [2.75, 3.05) is 24.7 Å². The van der Waals surface area contributed by atoms with Gasteiger partial charge in [-0.1, -0.05) is 0 Å². The molecule has 0 fully saturated rings. The van der Waals surface area contributed by atoms with Crippen LogP contribution < -0.4 is 10.6 Å². The summed E-state index contributed by atoms with van der Waals surface area (Å²) in [6.45, 7) is -0.102. The van der Waals surface area contributed by atoms with Crippen molar-refractivity contribution in [3.05, 3.63) is 23.8 Å². The number of anilines is 1. The molecule has 0 spiro atoms. The minimum Gasteiger partial charge on any atom is -0.324 e. The molecule has 1 aromatic carbocycles. The van der Waals surface area contributed by atoms with Gasteiger partial charge < -0.3 is 10.6 Å². The summed E-state index contributed by atoms with van der Waals surface area (Å²) in [7, 11) is 1.50. The van der Waals surface area contributed by atoms with E-state index in [0.717, 1.165) is 18.2 Å². The average Bonchev–Trinajstić information content (AvgIpc) is 2.36. The minimum atomic E-state index is -4.58. The molecule has 0 aliphatic carbocycles. The maximum Gasteiger partial charge on any atom is 0.416 e. The van der Waals surface area contributed by atoms with Crippen LogP contribution in [0.4, 0.5) is 27.6 Å². The van der Waals surface area contributed by atoms with E-state index < -0.39 is 29.8 Å². The number of rotatable bonds is 6. The van der Waals surface area contributed by atoms with Gasteiger partial charge in [0.15, 0.2) is 0 Å². The number of nitrogens with one attached hydrogen (secondary N) is 2. The molecule has 1 amide bonds. The zero-order valence-electron chi connectivity index (χ0n) is 10.9. The van der Waals surface area contributed by atoms with Crippen LogP contribution in [0.2, 0.25) is 0 Å². The van der Waals surface area contributed by atoms with Crippen molar-refractivity contribution in [3.63, 3.8) is 0 Å². The third kappa shape index (κ3) is 5.88. The number of carbonyl (C=O) groups is 1. The Labute approximate surface area is 122 Å². The summed E-state index contributed by atoms with van der Waals surface area (Å²) < 4.78 is 62.4. The summed E-state index contributed by atoms with van der Waals surface area (Å²) in [4.78, 5) is 11.6. The van der Waals surface area contributed by atoms with Crippen molar-refractivity contribution in [3.8, 4) is 0 Å². The van der Waals surface area contributed by atoms with Gasteiger partial charge in [-0.15, -0.1) is 11.8 Å². The fraction of sp³-hybridized carbons (Fsp3) is 0.417. The second-order valence-corrected chi connectivity index (χ2v) is 5.05. The zero-order valence-corrected chi connectivity index (χ0v) is 11.7. The largest absolute Gasteiger partial charge is 0.416 e. The Morgan fingerprint density at radius 2 is 2.00 bits per heavy atom. The molecule has 0 aromatic heterocycles. The van der Waals surface area contributed by atoms with Gasteiger partial charge in [-0.2, -0.15) is 13.2 Å². The van der Waals surface area contributed by atoms with E-state index in [2.05, 4.69) is 10.6 Å². The Bertz CT molecular complexity index is 493. The number of halogens is 5. The van der Waals surface area contributed by atoms with Crippen LogP contribution in [0.5, 0.6) is 0 Å². The van der Waals surface area contributed by atoms with Gasteiger partial charge >= 0.3 is 6.18 Å². The quantitative estimate of drug-likeness (QED) is 0.622. The Morgan fingerprint density at radius 1 is 1.33 bits per heavy atom. The smallest absolute Gasteiger partial charge is 0.324 e. The number of amides is 1. The first-order chi connectivity index (χ1) is 9.74. The van der Waals surface area contributed by atoms with E-state index in [-0.39, 0.29) is 17.1 Å². The third-order valence-corrected chi connectivity index (χ3v) is 3.37. The molecule has 0 saturated heterocycles. The molecule has 21 heavy (non-hydrogen) atoms. The van der Waals surface area contributed by atoms with Gasteiger partial charge in [0.05, 0.1) is 23.5 Å². The van der Waals surface area contributed by atoms with Crippen LogP contribution in [0.1, 0.15) is 5.56 Å². The molecule has 0 aliphatic heterocycles. The highest BCUT2D eigenvalue weighted by molar-refractivity contribution is 7.99. The minimum absolute atomic E-state index is 0.102. The lowest BCUT2D eigenvalue weighted by Crippen LogP contribution is -2.25. The van der Waals surface area contributed by atoms with Crippen molar-refractivity contribution in [1.29, 1.82) is 0 Å². The summed E-state index contributed by atoms with van der Waals surface area (Å²) in [5.41, 5.74) is -1.08. The van der Waals surface area contributed by atoms with Gasteiger partial charge in [0.1, 0.15) is 0 Å². The SMILES string of the molecule is CNCC(=O)Nc1cc(C(F)(F)F)ccc1SCC(F)F. The number of hydrogen-bond acceptors (Lipinski definition) is 3. The van der Waals surface area contributed by atoms with Crippen LogP contribution in [0.3, 0.4) is 0 Å². The molecule has 0 bridgehead atoms. The predicted octanol–water partition coefficient (Wildman–Crippen LogP) is 3.22. The lowest BCUT2D eigenvalue weighted by molar-refractivity contribution is -0.137. The van der Waals surface area contributed by atoms with Crippen molar-refractivity contribution in [2.45, 2.75) is 17.5 Å². The van der Waals surface area contributed by atoms with Gasteiger partial charge in [-0.05, 0) is 25.2 Å². The molecule has 9 heteroatoms. The van der Waals surface area contributed by atoms with Gasteiger partial charge in [0.25, 0.3) is 0 Å². The number of carbonyl (C=O) groups excluding carboxylic acids is 1. The lowest BCUT2D eigenvalue weighted by Gasteiger charge is -2.14. The van der Waals surface area contributed by atoms with E-state index in [4.69, 9.17) is 0 Å². The molecular formula is C12H13F5N2OS. The monoisotopic (exact) mass is 328 g/mol. The third-order valence-electron chi connectivity index (χ3n) is 2.28. The fourth-order valence-corrected chi connectivity index (χ4v) is 2.17. The van der Waals surface area contributed by atoms with E-state index in [0.29, 0.717) is 11.8 Å². The molecule has 0 saturated carbocycles. The molecular weight excluding hydrogens is 315 g/mol. The Hall–Kier alpha value is -1.35. The summed E-state index contributed by atoms with van der Waals surface area (Å²) in [6.07, 6.45) is -7.17. The predicted molar refractivity (Wildman–Crippen MR) is 70.7 cm³/mol. The van der Waals surface area contributed by atoms with Gasteiger partial charge in [0, 0.05) is 4.90 Å². The van der Waals surface area contributed by atoms with E-state index in [1.54, 1.807) is 0 Å². The number of hydrogen-bond donors (Lipinski definition) is 2. The van der Waals surface area contributed by atoms with Crippen LogP contribution in [-0.4, -0.2) is 31.7 Å². The van der Waals surface area contributed by atoms with Crippen LogP contribution in [0.25, 0.3) is 0 Å². The van der Waals surface area contributed by atoms with Crippen LogP contribution in [-0.2, 0) is 11.0 Å². The summed E-state index contributed by atoms with van der Waals surface area (Å²) >= 11 is 0.682. The summed E-state index contributed by atoms with van der Waals surface area (Å²) in [5.74, 6) is -1.13. The first-order valence-corrected chi connectivity index (χ1v) is 6.79. The molecule has 1 rings (SSSR count). The molecule has 0 heterocycles. The van der Waals surface area contributed by atoms with Gasteiger partial charge in [-0.25, -0.2) is 8.78 Å². The number of thioether (sulfide) groups is 1. The Morgan fingerprint density at radius 3 is 2.52 bits per heavy atom. The molecule has 2 N–H and O–H groups in total. The maximum atomic E-state index is 12.6. The van der Waals surface area contributed by atoms with E-state index >= 15 is 0 Å². The topological polar surface area (TPSA) is 41.1 Å². The highest BCUT2D eigenvalue weighted by Gasteiger charge is 2.31. The molecule has 118 valence electrons. The van der Waals surface area contributed by atoms with Crippen molar-refractivity contribution in [1.82, 2.24) is 5.32 Å². The maximum absolute atomic E-state index is 12.6. The summed E-state index contributed by atoms with van der Waals surface area (Å²) in [5, 5.41) is 4.82. The molecule has 3 nitrogen and oxygen atoms in total. The Balaban J connectivity index is 3.03. The molecule has 0 radical (unpaired) electrons. The number of benzene rings is 1. The van der Waals surface area contributed by atoms with E-state index in [9.17, 15) is 26.7 Å². The van der Waals surface area contributed by atoms with Crippen molar-refractivity contribution in [2.24, 2.45) is 0 Å². The van der Waals surface area contributed by atoms with E-state index in [1.165, 1.54) is 7.05 Å². The molecule has 0 aliphatic rings.